The Balaban J connectivity index is 1.53. The van der Waals surface area contributed by atoms with Crippen molar-refractivity contribution in [3.63, 3.8) is 0 Å². The number of carbonyl (C=O) groups is 1. The molecule has 5 heteroatoms. The predicted octanol–water partition coefficient (Wildman–Crippen LogP) is 2.56. The molecule has 1 amide bonds. The molecule has 6 unspecified atom stereocenters. The number of hydrogen-bond donors (Lipinski definition) is 2. The zero-order valence-electron chi connectivity index (χ0n) is 13.6. The van der Waals surface area contributed by atoms with Crippen molar-refractivity contribution in [2.45, 2.75) is 74.5 Å². The first-order valence-corrected chi connectivity index (χ1v) is 10.1. The third-order valence-corrected chi connectivity index (χ3v) is 7.17. The number of fused-ring (bicyclic) bond motifs is 3. The molecule has 0 spiro atoms. The summed E-state index contributed by atoms with van der Waals surface area (Å²) in [6.07, 6.45) is 10.8. The molecule has 4 fully saturated rings. The average molecular weight is 383 g/mol. The molecule has 2 aliphatic heterocycles. The molecular weight excluding hydrogens is 356 g/mol. The topological polar surface area (TPSA) is 52.6 Å². The molecule has 0 aromatic heterocycles. The second-order valence-electron chi connectivity index (χ2n) is 7.74. The van der Waals surface area contributed by atoms with Crippen molar-refractivity contribution in [1.29, 1.82) is 0 Å². The highest BCUT2D eigenvalue weighted by Crippen LogP contribution is 2.39. The van der Waals surface area contributed by atoms with Crippen LogP contribution in [0, 0.1) is 11.8 Å². The predicted molar refractivity (Wildman–Crippen MR) is 93.1 cm³/mol. The number of alkyl halides is 1. The van der Waals surface area contributed by atoms with E-state index in [-0.39, 0.29) is 30.0 Å². The molecule has 0 bridgehead atoms. The van der Waals surface area contributed by atoms with Crippen molar-refractivity contribution < 1.29 is 9.90 Å². The van der Waals surface area contributed by atoms with E-state index in [4.69, 9.17) is 0 Å². The monoisotopic (exact) mass is 382 g/mol. The van der Waals surface area contributed by atoms with Gasteiger partial charge in [0, 0.05) is 23.3 Å². The fourth-order valence-electron chi connectivity index (χ4n) is 5.09. The highest BCUT2D eigenvalue weighted by atomic mass is 79.9. The minimum atomic E-state index is -0.230. The van der Waals surface area contributed by atoms with Crippen molar-refractivity contribution in [3.8, 4) is 0 Å². The first-order valence-electron chi connectivity index (χ1n) is 9.22. The molecule has 2 aliphatic carbocycles. The molecule has 2 saturated heterocycles. The minimum Gasteiger partial charge on any atom is -0.393 e. The number of nitrogens with one attached hydrogen (secondary N) is 1. The van der Waals surface area contributed by atoms with Crippen molar-refractivity contribution in [3.05, 3.63) is 11.6 Å². The summed E-state index contributed by atoms with van der Waals surface area (Å²) in [6.45, 7) is 1.05. The quantitative estimate of drug-likeness (QED) is 0.541. The fourth-order valence-corrected chi connectivity index (χ4v) is 5.79. The standard InChI is InChI=1S/C18H27BrN2O2/c19-13-5-6-16(22)12(10-13)9-11-7-8-21-15-4-2-1-3-14(15)18(23)20-17(11)21/h9,12-17,22H,1-8,10H2,(H,20,23)/b11-9+. The summed E-state index contributed by atoms with van der Waals surface area (Å²) < 4.78 is 0. The maximum absolute atomic E-state index is 12.5. The van der Waals surface area contributed by atoms with Gasteiger partial charge in [-0.2, -0.15) is 0 Å². The van der Waals surface area contributed by atoms with Gasteiger partial charge in [0.2, 0.25) is 5.91 Å². The number of hydrogen-bond acceptors (Lipinski definition) is 3. The van der Waals surface area contributed by atoms with Crippen molar-refractivity contribution in [2.75, 3.05) is 6.54 Å². The number of nitrogens with zero attached hydrogens (tertiary/aromatic N) is 1. The fraction of sp³-hybridized carbons (Fsp3) is 0.833. The van der Waals surface area contributed by atoms with E-state index in [0.717, 1.165) is 45.1 Å². The lowest BCUT2D eigenvalue weighted by molar-refractivity contribution is -0.135. The van der Waals surface area contributed by atoms with E-state index in [1.165, 1.54) is 18.4 Å². The summed E-state index contributed by atoms with van der Waals surface area (Å²) in [6, 6.07) is 0.439. The second kappa shape index (κ2) is 6.49. The second-order valence-corrected chi connectivity index (χ2v) is 9.04. The number of amides is 1. The number of carbonyl (C=O) groups excluding carboxylic acids is 1. The molecule has 2 saturated carbocycles. The lowest BCUT2D eigenvalue weighted by atomic mass is 9.81. The van der Waals surface area contributed by atoms with E-state index in [9.17, 15) is 9.90 Å². The maximum Gasteiger partial charge on any atom is 0.226 e. The molecule has 0 radical (unpaired) electrons. The average Bonchev–Trinajstić information content (AvgIpc) is 2.94. The SMILES string of the molecule is O=C1NC2/C(=C/C3CC(Br)CCC3O)CCN2C2CCCCC12. The minimum absolute atomic E-state index is 0.0877. The van der Waals surface area contributed by atoms with Crippen LogP contribution in [0.1, 0.15) is 51.4 Å². The van der Waals surface area contributed by atoms with E-state index < -0.39 is 0 Å². The van der Waals surface area contributed by atoms with Gasteiger partial charge in [0.05, 0.1) is 12.0 Å². The summed E-state index contributed by atoms with van der Waals surface area (Å²) >= 11 is 3.71. The van der Waals surface area contributed by atoms with Gasteiger partial charge in [-0.25, -0.2) is 0 Å². The third kappa shape index (κ3) is 3.00. The Hall–Kier alpha value is -0.390. The summed E-state index contributed by atoms with van der Waals surface area (Å²) in [5.41, 5.74) is 1.33. The van der Waals surface area contributed by atoms with Gasteiger partial charge in [0.1, 0.15) is 6.17 Å². The van der Waals surface area contributed by atoms with E-state index >= 15 is 0 Å². The summed E-state index contributed by atoms with van der Waals surface area (Å²) in [5, 5.41) is 13.6. The summed E-state index contributed by atoms with van der Waals surface area (Å²) in [7, 11) is 0. The Bertz CT molecular complexity index is 509. The Kier molecular flexibility index (Phi) is 4.54. The molecule has 0 aromatic rings. The summed E-state index contributed by atoms with van der Waals surface area (Å²) in [5.74, 6) is 0.682. The van der Waals surface area contributed by atoms with E-state index in [1.807, 2.05) is 0 Å². The van der Waals surface area contributed by atoms with Crippen LogP contribution < -0.4 is 5.32 Å². The van der Waals surface area contributed by atoms with Crippen LogP contribution in [0.2, 0.25) is 0 Å². The molecular formula is C18H27BrN2O2. The molecule has 2 N–H and O–H groups in total. The Labute approximate surface area is 146 Å². The van der Waals surface area contributed by atoms with Crippen LogP contribution in [-0.4, -0.2) is 45.6 Å². The van der Waals surface area contributed by atoms with Gasteiger partial charge in [-0.3, -0.25) is 9.69 Å². The molecule has 4 aliphatic rings. The Morgan fingerprint density at radius 1 is 1.22 bits per heavy atom. The van der Waals surface area contributed by atoms with Gasteiger partial charge in [0.15, 0.2) is 0 Å². The Morgan fingerprint density at radius 2 is 2.04 bits per heavy atom. The molecule has 4 nitrogen and oxygen atoms in total. The van der Waals surface area contributed by atoms with Gasteiger partial charge in [-0.1, -0.05) is 34.8 Å². The molecule has 23 heavy (non-hydrogen) atoms. The van der Waals surface area contributed by atoms with E-state index in [1.54, 1.807) is 0 Å². The normalized spacial score (nSPS) is 46.3. The van der Waals surface area contributed by atoms with Gasteiger partial charge in [-0.05, 0) is 44.1 Å². The molecule has 4 rings (SSSR count). The summed E-state index contributed by atoms with van der Waals surface area (Å²) in [4.78, 5) is 15.5. The van der Waals surface area contributed by atoms with Crippen molar-refractivity contribution in [1.82, 2.24) is 10.2 Å². The zero-order chi connectivity index (χ0) is 16.0. The van der Waals surface area contributed by atoms with Gasteiger partial charge in [-0.15, -0.1) is 0 Å². The van der Waals surface area contributed by atoms with Crippen LogP contribution in [0.5, 0.6) is 0 Å². The van der Waals surface area contributed by atoms with Crippen LogP contribution in [0.25, 0.3) is 0 Å². The van der Waals surface area contributed by atoms with Gasteiger partial charge >= 0.3 is 0 Å². The highest BCUT2D eigenvalue weighted by Gasteiger charge is 2.46. The number of aliphatic hydroxyl groups excluding tert-OH is 1. The number of aliphatic hydroxyl groups is 1. The van der Waals surface area contributed by atoms with E-state index in [0.29, 0.717) is 10.9 Å². The lowest BCUT2D eigenvalue weighted by Gasteiger charge is -2.45. The van der Waals surface area contributed by atoms with Crippen LogP contribution >= 0.6 is 15.9 Å². The highest BCUT2D eigenvalue weighted by molar-refractivity contribution is 9.09. The van der Waals surface area contributed by atoms with Gasteiger partial charge < -0.3 is 10.4 Å². The van der Waals surface area contributed by atoms with Crippen molar-refractivity contribution in [2.24, 2.45) is 11.8 Å². The third-order valence-electron chi connectivity index (χ3n) is 6.34. The lowest BCUT2D eigenvalue weighted by Crippen LogP contribution is -2.61. The van der Waals surface area contributed by atoms with Crippen molar-refractivity contribution >= 4 is 21.8 Å². The Morgan fingerprint density at radius 3 is 2.91 bits per heavy atom. The number of rotatable bonds is 1. The molecule has 0 aromatic carbocycles. The first-order chi connectivity index (χ1) is 11.1. The van der Waals surface area contributed by atoms with Gasteiger partial charge in [0.25, 0.3) is 0 Å². The smallest absolute Gasteiger partial charge is 0.226 e. The maximum atomic E-state index is 12.5. The van der Waals surface area contributed by atoms with Crippen LogP contribution in [0.15, 0.2) is 11.6 Å². The molecule has 2 heterocycles. The van der Waals surface area contributed by atoms with Crippen LogP contribution in [0.3, 0.4) is 0 Å². The largest absolute Gasteiger partial charge is 0.393 e. The van der Waals surface area contributed by atoms with Crippen LogP contribution in [0.4, 0.5) is 0 Å². The van der Waals surface area contributed by atoms with Crippen LogP contribution in [-0.2, 0) is 4.79 Å². The molecule has 6 atom stereocenters. The first kappa shape index (κ1) is 16.1. The zero-order valence-corrected chi connectivity index (χ0v) is 15.2. The number of halogens is 1. The molecule has 128 valence electrons. The van der Waals surface area contributed by atoms with E-state index in [2.05, 4.69) is 32.2 Å².